The van der Waals surface area contributed by atoms with Crippen molar-refractivity contribution in [3.05, 3.63) is 48.5 Å². The third-order valence-electron chi connectivity index (χ3n) is 2.31. The minimum absolute atomic E-state index is 0.643. The topological polar surface area (TPSA) is 12.0 Å². The second-order valence-electron chi connectivity index (χ2n) is 3.57. The number of halogens is 3. The zero-order valence-corrected chi connectivity index (χ0v) is 13.0. The fourth-order valence-corrected chi connectivity index (χ4v) is 3.52. The summed E-state index contributed by atoms with van der Waals surface area (Å²) in [5, 5.41) is 4.55. The highest BCUT2D eigenvalue weighted by Crippen LogP contribution is 2.32. The van der Waals surface area contributed by atoms with Crippen molar-refractivity contribution in [2.45, 2.75) is 13.5 Å². The number of rotatable bonds is 3. The molecule has 0 aliphatic heterocycles. The van der Waals surface area contributed by atoms with Crippen molar-refractivity contribution < 1.29 is 0 Å². The van der Waals surface area contributed by atoms with Crippen LogP contribution in [0.1, 0.15) is 9.75 Å². The van der Waals surface area contributed by atoms with Crippen LogP contribution in [0, 0.1) is 6.92 Å². The number of hydrogen-bond donors (Lipinski definition) is 1. The van der Waals surface area contributed by atoms with Crippen molar-refractivity contribution in [1.82, 2.24) is 0 Å². The molecule has 0 spiro atoms. The smallest absolute Gasteiger partial charge is 0.0721 e. The largest absolute Gasteiger partial charge is 0.378 e. The van der Waals surface area contributed by atoms with Gasteiger partial charge in [-0.15, -0.1) is 11.3 Å². The molecule has 0 atom stereocenters. The molecule has 0 aliphatic rings. The van der Waals surface area contributed by atoms with Crippen molar-refractivity contribution in [2.75, 3.05) is 5.32 Å². The molecule has 0 radical (unpaired) electrons. The van der Waals surface area contributed by atoms with Crippen LogP contribution >= 0.6 is 50.5 Å². The Labute approximate surface area is 123 Å². The lowest BCUT2D eigenvalue weighted by molar-refractivity contribution is 1.19. The Morgan fingerprint density at radius 2 is 1.94 bits per heavy atom. The van der Waals surface area contributed by atoms with Crippen LogP contribution in [0.3, 0.4) is 0 Å². The molecule has 1 aromatic heterocycles. The molecule has 5 heteroatoms. The summed E-state index contributed by atoms with van der Waals surface area (Å²) in [6, 6.07) is 7.59. The Balaban J connectivity index is 2.12. The molecule has 1 heterocycles. The normalized spacial score (nSPS) is 10.6. The summed E-state index contributed by atoms with van der Waals surface area (Å²) in [6.07, 6.45) is 0. The highest BCUT2D eigenvalue weighted by molar-refractivity contribution is 9.10. The van der Waals surface area contributed by atoms with Crippen LogP contribution < -0.4 is 5.32 Å². The lowest BCUT2D eigenvalue weighted by Gasteiger charge is -2.08. The molecule has 90 valence electrons. The molecule has 2 rings (SSSR count). The Hall–Kier alpha value is -0.220. The van der Waals surface area contributed by atoms with Gasteiger partial charge in [-0.1, -0.05) is 29.3 Å². The summed E-state index contributed by atoms with van der Waals surface area (Å²) in [6.45, 7) is 2.81. The Morgan fingerprint density at radius 1 is 1.29 bits per heavy atom. The molecular weight excluding hydrogens is 341 g/mol. The van der Waals surface area contributed by atoms with Gasteiger partial charge in [0.05, 0.1) is 15.7 Å². The van der Waals surface area contributed by atoms with E-state index in [0.29, 0.717) is 10.0 Å². The van der Waals surface area contributed by atoms with E-state index < -0.39 is 0 Å². The maximum Gasteiger partial charge on any atom is 0.0721 e. The van der Waals surface area contributed by atoms with Gasteiger partial charge in [0.25, 0.3) is 0 Å². The first-order valence-electron chi connectivity index (χ1n) is 5.00. The first-order valence-corrected chi connectivity index (χ1v) is 7.37. The average molecular weight is 351 g/mol. The van der Waals surface area contributed by atoms with Gasteiger partial charge in [0.2, 0.25) is 0 Å². The Morgan fingerprint density at radius 3 is 2.47 bits per heavy atom. The monoisotopic (exact) mass is 349 g/mol. The van der Waals surface area contributed by atoms with E-state index in [9.17, 15) is 0 Å². The number of nitrogens with one attached hydrogen (secondary N) is 1. The lowest BCUT2D eigenvalue weighted by atomic mass is 10.3. The molecule has 0 saturated heterocycles. The minimum atomic E-state index is 0.643. The minimum Gasteiger partial charge on any atom is -0.378 e. The molecule has 1 N–H and O–H groups in total. The molecule has 1 aromatic carbocycles. The molecule has 0 fully saturated rings. The quantitative estimate of drug-likeness (QED) is 0.744. The molecule has 0 aliphatic carbocycles. The van der Waals surface area contributed by atoms with Gasteiger partial charge in [0.1, 0.15) is 0 Å². The van der Waals surface area contributed by atoms with Crippen LogP contribution in [0.25, 0.3) is 0 Å². The van der Waals surface area contributed by atoms with Crippen LogP contribution in [0.15, 0.2) is 28.7 Å². The van der Waals surface area contributed by atoms with Gasteiger partial charge in [-0.2, -0.15) is 0 Å². The van der Waals surface area contributed by atoms with Crippen LogP contribution in [-0.2, 0) is 6.54 Å². The summed E-state index contributed by atoms with van der Waals surface area (Å²) in [4.78, 5) is 2.51. The molecule has 17 heavy (non-hydrogen) atoms. The van der Waals surface area contributed by atoms with Crippen molar-refractivity contribution >= 4 is 56.2 Å². The zero-order chi connectivity index (χ0) is 12.4. The van der Waals surface area contributed by atoms with E-state index in [-0.39, 0.29) is 0 Å². The third kappa shape index (κ3) is 3.16. The van der Waals surface area contributed by atoms with Gasteiger partial charge in [-0.05, 0) is 41.1 Å². The summed E-state index contributed by atoms with van der Waals surface area (Å²) in [5.74, 6) is 0. The van der Waals surface area contributed by atoms with E-state index in [1.165, 1.54) is 9.75 Å². The molecule has 0 saturated carbocycles. The van der Waals surface area contributed by atoms with E-state index in [1.54, 1.807) is 11.3 Å². The van der Waals surface area contributed by atoms with E-state index in [4.69, 9.17) is 23.2 Å². The maximum absolute atomic E-state index is 6.08. The molecule has 1 nitrogen and oxygen atoms in total. The first-order chi connectivity index (χ1) is 8.08. The molecule has 0 bridgehead atoms. The highest BCUT2D eigenvalue weighted by Gasteiger charge is 2.06. The van der Waals surface area contributed by atoms with E-state index in [2.05, 4.69) is 34.2 Å². The van der Waals surface area contributed by atoms with Crippen LogP contribution in [0.2, 0.25) is 10.0 Å². The fourth-order valence-electron chi connectivity index (χ4n) is 1.45. The third-order valence-corrected chi connectivity index (χ3v) is 5.08. The number of aryl methyl sites for hydroxylation is 1. The van der Waals surface area contributed by atoms with E-state index in [1.807, 2.05) is 18.2 Å². The van der Waals surface area contributed by atoms with E-state index >= 15 is 0 Å². The van der Waals surface area contributed by atoms with Crippen LogP contribution in [0.5, 0.6) is 0 Å². The highest BCUT2D eigenvalue weighted by atomic mass is 79.9. The number of hydrogen-bond acceptors (Lipinski definition) is 2. The van der Waals surface area contributed by atoms with Crippen molar-refractivity contribution in [3.8, 4) is 0 Å². The fraction of sp³-hybridized carbons (Fsp3) is 0.167. The summed E-state index contributed by atoms with van der Waals surface area (Å²) in [5.41, 5.74) is 0.790. The maximum atomic E-state index is 6.08. The van der Waals surface area contributed by atoms with Gasteiger partial charge >= 0.3 is 0 Å². The number of benzene rings is 1. The van der Waals surface area contributed by atoms with Crippen LogP contribution in [-0.4, -0.2) is 0 Å². The van der Waals surface area contributed by atoms with Crippen molar-refractivity contribution in [2.24, 2.45) is 0 Å². The number of thiophene rings is 1. The van der Waals surface area contributed by atoms with Gasteiger partial charge < -0.3 is 5.32 Å². The molecule has 0 amide bonds. The number of anilines is 1. The van der Waals surface area contributed by atoms with Gasteiger partial charge in [0.15, 0.2) is 0 Å². The summed E-state index contributed by atoms with van der Waals surface area (Å²) >= 11 is 17.4. The standard InChI is InChI=1S/C12H10BrCl2NS/c1-7-9(13)5-8(17-7)6-16-12-10(14)3-2-4-11(12)15/h2-5,16H,6H2,1H3. The summed E-state index contributed by atoms with van der Waals surface area (Å²) in [7, 11) is 0. The van der Waals surface area contributed by atoms with Crippen LogP contribution in [0.4, 0.5) is 5.69 Å². The summed E-state index contributed by atoms with van der Waals surface area (Å²) < 4.78 is 1.14. The second-order valence-corrected chi connectivity index (χ2v) is 6.58. The molecular formula is C12H10BrCl2NS. The first kappa shape index (κ1) is 13.2. The van der Waals surface area contributed by atoms with Gasteiger partial charge in [-0.25, -0.2) is 0 Å². The van der Waals surface area contributed by atoms with Crippen molar-refractivity contribution in [1.29, 1.82) is 0 Å². The molecule has 2 aromatic rings. The second kappa shape index (κ2) is 5.61. The lowest BCUT2D eigenvalue weighted by Crippen LogP contribution is -1.98. The van der Waals surface area contributed by atoms with E-state index in [0.717, 1.165) is 16.7 Å². The number of para-hydroxylation sites is 1. The Kier molecular flexibility index (Phi) is 4.36. The van der Waals surface area contributed by atoms with Gasteiger partial charge in [-0.3, -0.25) is 0 Å². The van der Waals surface area contributed by atoms with Crippen molar-refractivity contribution in [3.63, 3.8) is 0 Å². The predicted octanol–water partition coefficient (Wildman–Crippen LogP) is 5.74. The average Bonchev–Trinajstić information content (AvgIpc) is 2.58. The predicted molar refractivity (Wildman–Crippen MR) is 80.5 cm³/mol. The zero-order valence-electron chi connectivity index (χ0n) is 9.06. The SMILES string of the molecule is Cc1sc(CNc2c(Cl)cccc2Cl)cc1Br. The van der Waals surface area contributed by atoms with Gasteiger partial charge in [0, 0.05) is 20.8 Å². The molecule has 0 unspecified atom stereocenters. The Bertz CT molecular complexity index is 500.